The van der Waals surface area contributed by atoms with E-state index < -0.39 is 0 Å². The zero-order valence-corrected chi connectivity index (χ0v) is 14.7. The van der Waals surface area contributed by atoms with Crippen LogP contribution in [-0.4, -0.2) is 27.8 Å². The van der Waals surface area contributed by atoms with E-state index in [0.29, 0.717) is 12.1 Å². The molecule has 2 aromatic carbocycles. The first kappa shape index (κ1) is 16.1. The standard InChI is InChI=1S/C21H19N3O2/c1-13-22-12-20(23-13)15-5-3-14(4-6-15)9-21(25)19-11-16-10-17(26-2)7-8-18(16)24-19/h3-8,10-12,24H,9H2,1-2H3,(H,22,23). The lowest BCUT2D eigenvalue weighted by Gasteiger charge is -2.02. The summed E-state index contributed by atoms with van der Waals surface area (Å²) >= 11 is 0. The number of nitrogens with zero attached hydrogens (tertiary/aromatic N) is 1. The molecular weight excluding hydrogens is 326 g/mol. The van der Waals surface area contributed by atoms with Gasteiger partial charge in [-0.05, 0) is 42.3 Å². The number of ether oxygens (including phenoxy) is 1. The Morgan fingerprint density at radius 3 is 2.58 bits per heavy atom. The normalized spacial score (nSPS) is 11.0. The van der Waals surface area contributed by atoms with Crippen molar-refractivity contribution in [1.29, 1.82) is 0 Å². The molecule has 2 heterocycles. The number of aryl methyl sites for hydroxylation is 1. The van der Waals surface area contributed by atoms with E-state index in [2.05, 4.69) is 15.0 Å². The predicted octanol–water partition coefficient (Wildman–Crippen LogP) is 4.30. The van der Waals surface area contributed by atoms with Crippen molar-refractivity contribution >= 4 is 16.7 Å². The Kier molecular flexibility index (Phi) is 4.05. The summed E-state index contributed by atoms with van der Waals surface area (Å²) in [5.41, 5.74) is 4.55. The van der Waals surface area contributed by atoms with Crippen LogP contribution in [0.2, 0.25) is 0 Å². The molecule has 0 aliphatic carbocycles. The molecule has 5 heteroatoms. The topological polar surface area (TPSA) is 70.8 Å². The van der Waals surface area contributed by atoms with Gasteiger partial charge >= 0.3 is 0 Å². The number of aromatic amines is 2. The first-order valence-electron chi connectivity index (χ1n) is 8.43. The van der Waals surface area contributed by atoms with Gasteiger partial charge in [0.05, 0.1) is 24.7 Å². The van der Waals surface area contributed by atoms with E-state index in [1.54, 1.807) is 7.11 Å². The van der Waals surface area contributed by atoms with Crippen molar-refractivity contribution in [2.75, 3.05) is 7.11 Å². The minimum absolute atomic E-state index is 0.0605. The molecule has 5 nitrogen and oxygen atoms in total. The molecule has 130 valence electrons. The Labute approximate surface area is 151 Å². The van der Waals surface area contributed by atoms with Crippen molar-refractivity contribution in [1.82, 2.24) is 15.0 Å². The molecule has 4 aromatic rings. The Balaban J connectivity index is 1.52. The molecule has 2 aromatic heterocycles. The number of nitrogens with one attached hydrogen (secondary N) is 2. The van der Waals surface area contributed by atoms with Crippen LogP contribution in [0.25, 0.3) is 22.2 Å². The van der Waals surface area contributed by atoms with Gasteiger partial charge in [-0.2, -0.15) is 0 Å². The van der Waals surface area contributed by atoms with Crippen LogP contribution >= 0.6 is 0 Å². The summed E-state index contributed by atoms with van der Waals surface area (Å²) in [6.45, 7) is 1.92. The van der Waals surface area contributed by atoms with Gasteiger partial charge in [0.2, 0.25) is 0 Å². The fourth-order valence-corrected chi connectivity index (χ4v) is 3.04. The maximum atomic E-state index is 12.6. The summed E-state index contributed by atoms with van der Waals surface area (Å²) in [6.07, 6.45) is 2.17. The number of hydrogen-bond acceptors (Lipinski definition) is 3. The number of carbonyl (C=O) groups is 1. The van der Waals surface area contributed by atoms with Crippen molar-refractivity contribution in [2.24, 2.45) is 0 Å². The van der Waals surface area contributed by atoms with E-state index in [4.69, 9.17) is 4.74 Å². The van der Waals surface area contributed by atoms with E-state index in [9.17, 15) is 4.79 Å². The van der Waals surface area contributed by atoms with Crippen molar-refractivity contribution in [3.8, 4) is 17.0 Å². The third kappa shape index (κ3) is 3.11. The van der Waals surface area contributed by atoms with Gasteiger partial charge in [0.15, 0.2) is 5.78 Å². The van der Waals surface area contributed by atoms with Crippen molar-refractivity contribution in [3.63, 3.8) is 0 Å². The molecule has 0 unspecified atom stereocenters. The van der Waals surface area contributed by atoms with Crippen LogP contribution < -0.4 is 4.74 Å². The van der Waals surface area contributed by atoms with Gasteiger partial charge in [0, 0.05) is 17.3 Å². The number of fused-ring (bicyclic) bond motifs is 1. The summed E-state index contributed by atoms with van der Waals surface area (Å²) in [6, 6.07) is 15.6. The number of carbonyl (C=O) groups excluding carboxylic acids is 1. The fourth-order valence-electron chi connectivity index (χ4n) is 3.04. The number of H-pyrrole nitrogens is 2. The minimum Gasteiger partial charge on any atom is -0.497 e. The SMILES string of the molecule is COc1ccc2[nH]c(C(=O)Cc3ccc(-c4cnc(C)[nH]4)cc3)cc2c1. The number of imidazole rings is 1. The van der Waals surface area contributed by atoms with Gasteiger partial charge in [0.25, 0.3) is 0 Å². The molecule has 0 atom stereocenters. The lowest BCUT2D eigenvalue weighted by Crippen LogP contribution is -2.03. The predicted molar refractivity (Wildman–Crippen MR) is 102 cm³/mol. The van der Waals surface area contributed by atoms with Gasteiger partial charge in [-0.1, -0.05) is 24.3 Å². The first-order chi connectivity index (χ1) is 12.6. The molecule has 0 amide bonds. The maximum absolute atomic E-state index is 12.6. The third-order valence-corrected chi connectivity index (χ3v) is 4.46. The van der Waals surface area contributed by atoms with E-state index in [1.807, 2.05) is 61.7 Å². The minimum atomic E-state index is 0.0605. The van der Waals surface area contributed by atoms with Crippen LogP contribution in [0.5, 0.6) is 5.75 Å². The molecule has 4 rings (SSSR count). The monoisotopic (exact) mass is 345 g/mol. The molecule has 0 aliphatic rings. The lowest BCUT2D eigenvalue weighted by atomic mass is 10.0. The average Bonchev–Trinajstić information content (AvgIpc) is 3.27. The van der Waals surface area contributed by atoms with Gasteiger partial charge in [0.1, 0.15) is 11.6 Å². The van der Waals surface area contributed by atoms with Crippen molar-refractivity contribution in [3.05, 3.63) is 71.8 Å². The largest absolute Gasteiger partial charge is 0.497 e. The van der Waals surface area contributed by atoms with E-state index in [0.717, 1.165) is 39.3 Å². The van der Waals surface area contributed by atoms with Gasteiger partial charge < -0.3 is 14.7 Å². The number of hydrogen-bond donors (Lipinski definition) is 2. The summed E-state index contributed by atoms with van der Waals surface area (Å²) in [5, 5.41) is 0.970. The second-order valence-corrected chi connectivity index (χ2v) is 6.32. The Bertz CT molecular complexity index is 1070. The molecule has 0 bridgehead atoms. The van der Waals surface area contributed by atoms with Crippen LogP contribution in [0, 0.1) is 6.92 Å². The molecule has 0 fully saturated rings. The number of Topliss-reactive ketones (excluding diaryl/α,β-unsaturated/α-hetero) is 1. The number of aromatic nitrogens is 3. The smallest absolute Gasteiger partial charge is 0.183 e. The summed E-state index contributed by atoms with van der Waals surface area (Å²) in [5.74, 6) is 1.72. The Hall–Kier alpha value is -3.34. The van der Waals surface area contributed by atoms with E-state index in [-0.39, 0.29) is 5.78 Å². The second kappa shape index (κ2) is 6.52. The Morgan fingerprint density at radius 1 is 1.08 bits per heavy atom. The number of benzene rings is 2. The lowest BCUT2D eigenvalue weighted by molar-refractivity contribution is 0.0989. The first-order valence-corrected chi connectivity index (χ1v) is 8.43. The van der Waals surface area contributed by atoms with Crippen molar-refractivity contribution < 1.29 is 9.53 Å². The highest BCUT2D eigenvalue weighted by atomic mass is 16.5. The maximum Gasteiger partial charge on any atom is 0.183 e. The zero-order chi connectivity index (χ0) is 18.1. The number of ketones is 1. The molecule has 0 radical (unpaired) electrons. The van der Waals surface area contributed by atoms with E-state index in [1.165, 1.54) is 0 Å². The molecule has 0 aliphatic heterocycles. The molecule has 0 saturated heterocycles. The van der Waals surface area contributed by atoms with E-state index >= 15 is 0 Å². The molecular formula is C21H19N3O2. The van der Waals surface area contributed by atoms with Crippen molar-refractivity contribution in [2.45, 2.75) is 13.3 Å². The average molecular weight is 345 g/mol. The highest BCUT2D eigenvalue weighted by Crippen LogP contribution is 2.23. The van der Waals surface area contributed by atoms with Gasteiger partial charge in [-0.25, -0.2) is 4.98 Å². The van der Waals surface area contributed by atoms with Crippen LogP contribution in [0.3, 0.4) is 0 Å². The van der Waals surface area contributed by atoms with Crippen LogP contribution in [0.1, 0.15) is 21.9 Å². The zero-order valence-electron chi connectivity index (χ0n) is 14.7. The molecule has 0 saturated carbocycles. The molecule has 2 N–H and O–H groups in total. The Morgan fingerprint density at radius 2 is 1.88 bits per heavy atom. The molecule has 26 heavy (non-hydrogen) atoms. The highest BCUT2D eigenvalue weighted by Gasteiger charge is 2.11. The summed E-state index contributed by atoms with van der Waals surface area (Å²) < 4.78 is 5.23. The molecule has 0 spiro atoms. The van der Waals surface area contributed by atoms with Gasteiger partial charge in [-0.15, -0.1) is 0 Å². The van der Waals surface area contributed by atoms with Crippen LogP contribution in [-0.2, 0) is 6.42 Å². The van der Waals surface area contributed by atoms with Crippen LogP contribution in [0.4, 0.5) is 0 Å². The van der Waals surface area contributed by atoms with Gasteiger partial charge in [-0.3, -0.25) is 4.79 Å². The highest BCUT2D eigenvalue weighted by molar-refractivity contribution is 6.00. The second-order valence-electron chi connectivity index (χ2n) is 6.32. The number of methoxy groups -OCH3 is 1. The van der Waals surface area contributed by atoms with Crippen LogP contribution in [0.15, 0.2) is 54.7 Å². The summed E-state index contributed by atoms with van der Waals surface area (Å²) in [4.78, 5) is 23.2. The fraction of sp³-hybridized carbons (Fsp3) is 0.143. The summed E-state index contributed by atoms with van der Waals surface area (Å²) in [7, 11) is 1.63. The quantitative estimate of drug-likeness (QED) is 0.530. The third-order valence-electron chi connectivity index (χ3n) is 4.46. The number of rotatable bonds is 5.